The number of sulfonamides is 1. The predicted molar refractivity (Wildman–Crippen MR) is 76.0 cm³/mol. The average molecular weight is 335 g/mol. The van der Waals surface area contributed by atoms with E-state index in [0.717, 1.165) is 12.8 Å². The van der Waals surface area contributed by atoms with Crippen molar-refractivity contribution in [1.82, 2.24) is 4.72 Å². The quantitative estimate of drug-likeness (QED) is 0.872. The molecule has 4 atom stereocenters. The van der Waals surface area contributed by atoms with Gasteiger partial charge in [0, 0.05) is 18.6 Å². The van der Waals surface area contributed by atoms with Crippen LogP contribution in [0.3, 0.4) is 0 Å². The van der Waals surface area contributed by atoms with Crippen LogP contribution in [0, 0.1) is 11.7 Å². The Morgan fingerprint density at radius 1 is 1.43 bits per heavy atom. The molecular formula is C13H16ClFN2O3S. The zero-order valence-electron chi connectivity index (χ0n) is 11.1. The zero-order chi connectivity index (χ0) is 15.2. The third kappa shape index (κ3) is 2.57. The molecule has 1 aliphatic carbocycles. The van der Waals surface area contributed by atoms with E-state index in [4.69, 9.17) is 22.1 Å². The molecule has 8 heteroatoms. The number of fused-ring (bicyclic) bond motifs is 1. The number of nitrogens with one attached hydrogen (secondary N) is 1. The van der Waals surface area contributed by atoms with Gasteiger partial charge in [-0.1, -0.05) is 17.7 Å². The summed E-state index contributed by atoms with van der Waals surface area (Å²) in [6.45, 7) is 0.595. The number of rotatable bonds is 3. The highest BCUT2D eigenvalue weighted by atomic mass is 35.5. The monoisotopic (exact) mass is 334 g/mol. The lowest BCUT2D eigenvalue weighted by molar-refractivity contribution is -0.114. The lowest BCUT2D eigenvalue weighted by atomic mass is 9.69. The van der Waals surface area contributed by atoms with E-state index in [1.807, 2.05) is 0 Å². The van der Waals surface area contributed by atoms with Crippen LogP contribution in [-0.2, 0) is 14.8 Å². The minimum absolute atomic E-state index is 0.163. The normalized spacial score (nSPS) is 32.3. The molecule has 1 heterocycles. The Morgan fingerprint density at radius 2 is 2.19 bits per heavy atom. The highest BCUT2D eigenvalue weighted by Crippen LogP contribution is 2.37. The van der Waals surface area contributed by atoms with Crippen molar-refractivity contribution < 1.29 is 17.5 Å². The minimum Gasteiger partial charge on any atom is -0.376 e. The van der Waals surface area contributed by atoms with Crippen LogP contribution in [0.25, 0.3) is 0 Å². The molecule has 5 nitrogen and oxygen atoms in total. The van der Waals surface area contributed by atoms with Gasteiger partial charge in [-0.25, -0.2) is 17.5 Å². The van der Waals surface area contributed by atoms with Gasteiger partial charge in [0.25, 0.3) is 0 Å². The number of benzene rings is 1. The highest BCUT2D eigenvalue weighted by molar-refractivity contribution is 7.89. The van der Waals surface area contributed by atoms with Gasteiger partial charge in [-0.05, 0) is 25.0 Å². The molecule has 2 aliphatic rings. The van der Waals surface area contributed by atoms with Gasteiger partial charge in [0.1, 0.15) is 4.90 Å². The van der Waals surface area contributed by atoms with Crippen LogP contribution in [0.4, 0.5) is 4.39 Å². The van der Waals surface area contributed by atoms with E-state index in [1.54, 1.807) is 0 Å². The molecule has 0 amide bonds. The summed E-state index contributed by atoms with van der Waals surface area (Å²) < 4.78 is 46.5. The standard InChI is InChI=1S/C13H16ClFN2O3S/c14-8-4-1-5-9(10(8)15)21(18,19)17-12-11(16)7-3-2-6-20-13(7)12/h1,4-5,7,11-13,17H,2-3,6,16H2. The van der Waals surface area contributed by atoms with Crippen LogP contribution < -0.4 is 10.5 Å². The minimum atomic E-state index is -4.03. The first kappa shape index (κ1) is 15.2. The molecule has 2 fully saturated rings. The molecule has 1 saturated heterocycles. The lowest BCUT2D eigenvalue weighted by Crippen LogP contribution is -2.71. The Morgan fingerprint density at radius 3 is 2.95 bits per heavy atom. The topological polar surface area (TPSA) is 81.4 Å². The fourth-order valence-corrected chi connectivity index (χ4v) is 4.64. The fraction of sp³-hybridized carbons (Fsp3) is 0.538. The van der Waals surface area contributed by atoms with Crippen LogP contribution in [0.1, 0.15) is 12.8 Å². The van der Waals surface area contributed by atoms with Crippen molar-refractivity contribution in [1.29, 1.82) is 0 Å². The van der Waals surface area contributed by atoms with E-state index in [-0.39, 0.29) is 23.1 Å². The van der Waals surface area contributed by atoms with Crippen molar-refractivity contribution in [2.45, 2.75) is 35.9 Å². The molecule has 0 spiro atoms. The van der Waals surface area contributed by atoms with E-state index >= 15 is 0 Å². The largest absolute Gasteiger partial charge is 0.376 e. The Kier molecular flexibility index (Phi) is 3.96. The van der Waals surface area contributed by atoms with E-state index in [9.17, 15) is 12.8 Å². The second-order valence-corrected chi connectivity index (χ2v) is 7.51. The molecule has 0 aromatic heterocycles. The van der Waals surface area contributed by atoms with Gasteiger partial charge in [-0.15, -0.1) is 0 Å². The van der Waals surface area contributed by atoms with Crippen molar-refractivity contribution >= 4 is 21.6 Å². The van der Waals surface area contributed by atoms with E-state index in [0.29, 0.717) is 6.61 Å². The summed E-state index contributed by atoms with van der Waals surface area (Å²) in [5, 5.41) is -0.234. The summed E-state index contributed by atoms with van der Waals surface area (Å²) >= 11 is 5.63. The Balaban J connectivity index is 1.82. The van der Waals surface area contributed by atoms with Crippen molar-refractivity contribution in [2.24, 2.45) is 11.7 Å². The summed E-state index contributed by atoms with van der Waals surface area (Å²) in [5.41, 5.74) is 6.00. The molecule has 3 N–H and O–H groups in total. The van der Waals surface area contributed by atoms with Crippen LogP contribution >= 0.6 is 11.6 Å². The van der Waals surface area contributed by atoms with Gasteiger partial charge >= 0.3 is 0 Å². The molecule has 1 saturated carbocycles. The molecule has 0 radical (unpaired) electrons. The third-order valence-corrected chi connectivity index (χ3v) is 5.94. The summed E-state index contributed by atoms with van der Waals surface area (Å²) in [6.07, 6.45) is 1.62. The summed E-state index contributed by atoms with van der Waals surface area (Å²) in [7, 11) is -4.03. The van der Waals surface area contributed by atoms with E-state index in [1.165, 1.54) is 18.2 Å². The first-order valence-corrected chi connectivity index (χ1v) is 8.61. The maximum atomic E-state index is 13.9. The number of ether oxygens (including phenoxy) is 1. The fourth-order valence-electron chi connectivity index (χ4n) is 3.03. The number of hydrogen-bond donors (Lipinski definition) is 2. The van der Waals surface area contributed by atoms with Crippen molar-refractivity contribution in [2.75, 3.05) is 6.61 Å². The number of nitrogens with two attached hydrogens (primary N) is 1. The molecule has 116 valence electrons. The molecule has 3 rings (SSSR count). The average Bonchev–Trinajstić information content (AvgIpc) is 2.47. The van der Waals surface area contributed by atoms with Crippen molar-refractivity contribution in [3.8, 4) is 0 Å². The van der Waals surface area contributed by atoms with Crippen molar-refractivity contribution in [3.05, 3.63) is 29.0 Å². The van der Waals surface area contributed by atoms with Gasteiger partial charge in [-0.2, -0.15) is 0 Å². The van der Waals surface area contributed by atoms with Crippen molar-refractivity contribution in [3.63, 3.8) is 0 Å². The summed E-state index contributed by atoms with van der Waals surface area (Å²) in [5.74, 6) is -0.795. The van der Waals surface area contributed by atoms with Gasteiger partial charge in [0.15, 0.2) is 5.82 Å². The molecule has 21 heavy (non-hydrogen) atoms. The van der Waals surface area contributed by atoms with Crippen LogP contribution in [0.15, 0.2) is 23.1 Å². The Labute approximate surface area is 127 Å². The summed E-state index contributed by atoms with van der Waals surface area (Å²) in [4.78, 5) is -0.471. The molecule has 0 bridgehead atoms. The Hall–Kier alpha value is -0.730. The third-order valence-electron chi connectivity index (χ3n) is 4.17. The van der Waals surface area contributed by atoms with Crippen LogP contribution in [0.2, 0.25) is 5.02 Å². The molecule has 1 aliphatic heterocycles. The first-order chi connectivity index (χ1) is 9.92. The maximum Gasteiger partial charge on any atom is 0.243 e. The van der Waals surface area contributed by atoms with Gasteiger partial charge in [0.05, 0.1) is 17.2 Å². The van der Waals surface area contributed by atoms with Gasteiger partial charge < -0.3 is 10.5 Å². The first-order valence-electron chi connectivity index (χ1n) is 6.75. The zero-order valence-corrected chi connectivity index (χ0v) is 12.7. The van der Waals surface area contributed by atoms with Crippen LogP contribution in [0.5, 0.6) is 0 Å². The smallest absolute Gasteiger partial charge is 0.243 e. The maximum absolute atomic E-state index is 13.9. The number of halogens is 2. The molecule has 4 unspecified atom stereocenters. The molecule has 1 aromatic carbocycles. The molecular weight excluding hydrogens is 319 g/mol. The van der Waals surface area contributed by atoms with Gasteiger partial charge in [0.2, 0.25) is 10.0 Å². The Bertz CT molecular complexity index is 655. The predicted octanol–water partition coefficient (Wildman–Crippen LogP) is 1.26. The molecule has 1 aromatic rings. The second-order valence-electron chi connectivity index (χ2n) is 5.42. The van der Waals surface area contributed by atoms with E-state index < -0.39 is 26.8 Å². The lowest BCUT2D eigenvalue weighted by Gasteiger charge is -2.52. The summed E-state index contributed by atoms with van der Waals surface area (Å²) in [6, 6.07) is 3.02. The SMILES string of the molecule is NC1C2CCCOC2C1NS(=O)(=O)c1cccc(Cl)c1F. The van der Waals surface area contributed by atoms with Crippen LogP contribution in [-0.4, -0.2) is 33.2 Å². The van der Waals surface area contributed by atoms with E-state index in [2.05, 4.69) is 4.72 Å². The highest BCUT2D eigenvalue weighted by Gasteiger charge is 2.52. The number of hydrogen-bond acceptors (Lipinski definition) is 4. The van der Waals surface area contributed by atoms with Gasteiger partial charge in [-0.3, -0.25) is 0 Å². The second kappa shape index (κ2) is 5.48.